The third-order valence-corrected chi connectivity index (χ3v) is 32.2. The van der Waals surface area contributed by atoms with Crippen molar-refractivity contribution in [2.24, 2.45) is 29.6 Å². The lowest BCUT2D eigenvalue weighted by atomic mass is 9.53. The van der Waals surface area contributed by atoms with Crippen LogP contribution in [0.4, 0.5) is 76.5 Å². The number of piperidine rings is 2. The van der Waals surface area contributed by atoms with E-state index in [1.54, 1.807) is 70.9 Å². The van der Waals surface area contributed by atoms with Gasteiger partial charge in [-0.2, -0.15) is 9.97 Å². The van der Waals surface area contributed by atoms with Crippen LogP contribution in [0.3, 0.4) is 0 Å². The van der Waals surface area contributed by atoms with Gasteiger partial charge in [-0.1, -0.05) is 12.1 Å². The Morgan fingerprint density at radius 3 is 1.20 bits per heavy atom. The fourth-order valence-electron chi connectivity index (χ4n) is 21.6. The van der Waals surface area contributed by atoms with Gasteiger partial charge in [-0.25, -0.2) is 38.1 Å². The third kappa shape index (κ3) is 22.1. The van der Waals surface area contributed by atoms with Gasteiger partial charge in [0.15, 0.2) is 0 Å². The lowest BCUT2D eigenvalue weighted by molar-refractivity contribution is -0.131. The van der Waals surface area contributed by atoms with Gasteiger partial charge < -0.3 is 97.4 Å². The number of benzene rings is 7. The molecule has 5 amide bonds. The van der Waals surface area contributed by atoms with E-state index in [1.165, 1.54) is 103 Å². The average Bonchev–Trinajstić information content (AvgIpc) is 1.72. The molecule has 8 aromatic heterocycles. The molecule has 15 aromatic rings. The van der Waals surface area contributed by atoms with Crippen LogP contribution in [-0.4, -0.2) is 218 Å². The Morgan fingerprint density at radius 2 is 0.772 bits per heavy atom. The molecule has 1 atom stereocenters. The number of para-hydroxylation sites is 1. The molecule has 7 aromatic carbocycles. The first-order valence-corrected chi connectivity index (χ1v) is 51.5. The van der Waals surface area contributed by atoms with E-state index in [9.17, 15) is 37.1 Å². The summed E-state index contributed by atoms with van der Waals surface area (Å²) in [6, 6.07) is 54.0. The zero-order valence-electron chi connectivity index (χ0n) is 81.7. The number of hydrogen-bond acceptors (Lipinski definition) is 29. The van der Waals surface area contributed by atoms with E-state index in [2.05, 4.69) is 55.1 Å². The van der Waals surface area contributed by atoms with Gasteiger partial charge >= 0.3 is 0 Å². The molecule has 752 valence electrons. The van der Waals surface area contributed by atoms with E-state index in [-0.39, 0.29) is 70.2 Å². The minimum absolute atomic E-state index is 0.0264. The zero-order chi connectivity index (χ0) is 101. The highest BCUT2D eigenvalue weighted by molar-refractivity contribution is 7.22. The standard InChI is InChI=1S/C24H24N4O3S.2C23H21FN4O2S.C21H31N5O.C17H20FN5O/c1-30-17-7-4-16(5-8-17)27-9-11-28(12-10-27)24(29)22-21(25)19-13-15-3-6-18(31-2)14-20(15)26-23(19)32-22;1-30-17-7-2-14-12-18-20(25)21(31-22(18)26-19(14)13-17)23(29)28-10-8-27(9-11-28)16-5-3-15(24)4-6-16;1-30-17-6-7-19-14(12-17)13-18-20(25)21(31-22(18)26-19)23(29)28-10-8-27(9-11-28)16-4-2-15(24)3-5-16;1-13-5-18(24-20(22)23-13)26-4-2-3-17(12-26)19(27)25-21-9-14-6-15(10-21)8-16(7-14)11-21;1-11-10-15(22-17(19)20-11)23-8-6-12(7-9-23)16(24)21-14-5-3-2-4-13(14)18/h3-8,13-14H,9-12,25H2,1-2H3;2*2-7,12-13H,8-11,25H2,1H3;5,14-17H,2-4,6-12H2,1H3,(H,25,27)(H2,22,23,24);2-5,10,12H,6-9H2,1H3,(H,21,24)(H2,19,20,22). The summed E-state index contributed by atoms with van der Waals surface area (Å²) in [6.07, 6.45) is 11.2. The van der Waals surface area contributed by atoms with Gasteiger partial charge in [0.05, 0.1) is 73.7 Å². The lowest BCUT2D eigenvalue weighted by Gasteiger charge is -2.57. The molecule has 5 aliphatic heterocycles. The number of piperazine rings is 3. The van der Waals surface area contributed by atoms with Crippen molar-refractivity contribution >= 4 is 190 Å². The maximum Gasteiger partial charge on any atom is 0.266 e. The van der Waals surface area contributed by atoms with Crippen molar-refractivity contribution in [1.82, 2.24) is 54.9 Å². The molecular weight excluding hydrogens is 1900 g/mol. The number of rotatable bonds is 16. The number of aryl methyl sites for hydroxylation is 2. The number of nitrogen functional groups attached to an aromatic ring is 5. The molecule has 145 heavy (non-hydrogen) atoms. The minimum atomic E-state index is -0.421. The van der Waals surface area contributed by atoms with Crippen molar-refractivity contribution in [3.05, 3.63) is 225 Å². The minimum Gasteiger partial charge on any atom is -0.497 e. The van der Waals surface area contributed by atoms with E-state index < -0.39 is 5.82 Å². The predicted octanol–water partition coefficient (Wildman–Crippen LogP) is 17.3. The summed E-state index contributed by atoms with van der Waals surface area (Å²) in [4.78, 5) is 117. The van der Waals surface area contributed by atoms with Crippen LogP contribution in [-0.2, 0) is 9.59 Å². The number of fused-ring (bicyclic) bond motifs is 6. The van der Waals surface area contributed by atoms with Crippen LogP contribution in [0.15, 0.2) is 182 Å². The summed E-state index contributed by atoms with van der Waals surface area (Å²) in [5.74, 6) is 6.77. The first-order chi connectivity index (χ1) is 70.1. The van der Waals surface area contributed by atoms with Crippen molar-refractivity contribution in [1.29, 1.82) is 0 Å². The Labute approximate surface area is 849 Å². The second-order valence-corrected chi connectivity index (χ2v) is 41.4. The van der Waals surface area contributed by atoms with Crippen molar-refractivity contribution in [3.8, 4) is 23.0 Å². The number of amides is 5. The van der Waals surface area contributed by atoms with Gasteiger partial charge in [0.1, 0.15) is 81.2 Å². The van der Waals surface area contributed by atoms with Gasteiger partial charge in [-0.3, -0.25) is 24.0 Å². The summed E-state index contributed by atoms with van der Waals surface area (Å²) in [6.45, 7) is 14.7. The van der Waals surface area contributed by atoms with Crippen molar-refractivity contribution in [2.75, 3.05) is 192 Å². The monoisotopic (exact) mass is 2020 g/mol. The number of anilines is 11. The topological polar surface area (TPSA) is 393 Å². The van der Waals surface area contributed by atoms with E-state index in [1.807, 2.05) is 138 Å². The number of nitrogens with zero attached hydrogens (tertiary/aromatic N) is 15. The largest absolute Gasteiger partial charge is 0.497 e. The van der Waals surface area contributed by atoms with E-state index in [0.29, 0.717) is 129 Å². The van der Waals surface area contributed by atoms with Gasteiger partial charge in [-0.15, -0.1) is 34.0 Å². The normalized spacial score (nSPS) is 18.8. The van der Waals surface area contributed by atoms with Crippen LogP contribution in [0.1, 0.15) is 105 Å². The smallest absolute Gasteiger partial charge is 0.266 e. The van der Waals surface area contributed by atoms with Gasteiger partial charge in [0.25, 0.3) is 17.7 Å². The Kier molecular flexibility index (Phi) is 29.3. The summed E-state index contributed by atoms with van der Waals surface area (Å²) >= 11 is 4.02. The molecule has 9 aliphatic rings. The van der Waals surface area contributed by atoms with Crippen molar-refractivity contribution < 1.29 is 56.1 Å². The quantitative estimate of drug-likeness (QED) is 0.0472. The molecule has 37 heteroatoms. The summed E-state index contributed by atoms with van der Waals surface area (Å²) in [7, 11) is 6.54. The highest BCUT2D eigenvalue weighted by Crippen LogP contribution is 2.56. The van der Waals surface area contributed by atoms with Gasteiger partial charge in [-0.05, 0) is 241 Å². The van der Waals surface area contributed by atoms with Gasteiger partial charge in [0.2, 0.25) is 23.7 Å². The summed E-state index contributed by atoms with van der Waals surface area (Å²) < 4.78 is 61.1. The maximum atomic E-state index is 13.6. The van der Waals surface area contributed by atoms with Crippen LogP contribution in [0.2, 0.25) is 0 Å². The van der Waals surface area contributed by atoms with Crippen LogP contribution >= 0.6 is 34.0 Å². The number of carbonyl (C=O) groups is 5. The highest BCUT2D eigenvalue weighted by atomic mass is 32.1. The molecule has 12 N–H and O–H groups in total. The van der Waals surface area contributed by atoms with Crippen LogP contribution in [0, 0.1) is 60.9 Å². The number of carbonyl (C=O) groups excluding carboxylic acids is 5. The average molecular weight is 2020 g/mol. The van der Waals surface area contributed by atoms with E-state index in [4.69, 9.17) is 62.6 Å². The van der Waals surface area contributed by atoms with Crippen LogP contribution < -0.4 is 82.7 Å². The van der Waals surface area contributed by atoms with E-state index in [0.717, 1.165) is 183 Å². The highest BCUT2D eigenvalue weighted by Gasteiger charge is 2.52. The maximum absolute atomic E-state index is 13.6. The Bertz CT molecular complexity index is 7160. The zero-order valence-corrected chi connectivity index (χ0v) is 84.2. The number of thiophene rings is 3. The Hall–Kier alpha value is -14.9. The van der Waals surface area contributed by atoms with Crippen LogP contribution in [0.5, 0.6) is 23.0 Å². The molecule has 0 radical (unpaired) electrons. The summed E-state index contributed by atoms with van der Waals surface area (Å²) in [5, 5.41) is 11.5. The first kappa shape index (κ1) is 98.9. The molecule has 31 nitrogen and oxygen atoms in total. The molecule has 24 rings (SSSR count). The molecule has 4 aliphatic carbocycles. The SMILES string of the molecule is COc1ccc(N2CCN(C(=O)c3sc4nc5cc(OC)ccc5cc4c3N)CC2)cc1.COc1ccc2cc3c(N)c(C(=O)N4CCN(c5ccc(F)cc5)CC4)sc3nc2c1.COc1ccc2nc3sc(C(=O)N4CCN(c5ccc(F)cc5)CC4)c(N)c3cc2c1.Cc1cc(N2CCC(C(=O)Nc3ccccc3F)CC2)nc(N)n1.Cc1cc(N2CCCC(C(=O)NC34CC5CC(CC(C5)C3)C4)C2)nc(N)n1. The number of methoxy groups -OCH3 is 4. The molecule has 9 fully saturated rings. The molecule has 1 unspecified atom stereocenters. The number of nitrogens with two attached hydrogens (primary N) is 5. The fraction of sp³-hybridized carbons (Fsp3) is 0.352. The third-order valence-electron chi connectivity index (χ3n) is 28.9. The molecule has 0 spiro atoms. The first-order valence-electron chi connectivity index (χ1n) is 49.0. The molecule has 4 saturated carbocycles. The number of pyridine rings is 3. The number of ether oxygens (including phenoxy) is 4. The van der Waals surface area contributed by atoms with Gasteiger partial charge in [0, 0.05) is 201 Å². The molecule has 4 bridgehead atoms. The number of nitrogens with one attached hydrogen (secondary N) is 2. The van der Waals surface area contributed by atoms with Crippen molar-refractivity contribution in [3.63, 3.8) is 0 Å². The molecule has 5 saturated heterocycles. The lowest BCUT2D eigenvalue weighted by Crippen LogP contribution is -2.61. The number of hydrogen-bond donors (Lipinski definition) is 7. The van der Waals surface area contributed by atoms with Crippen LogP contribution in [0.25, 0.3) is 63.4 Å². The molecule has 13 heterocycles. The predicted molar refractivity (Wildman–Crippen MR) is 571 cm³/mol. The molecular formula is C108H117F3N22O9S3. The Morgan fingerprint density at radius 1 is 0.379 bits per heavy atom. The number of aromatic nitrogens is 7. The van der Waals surface area contributed by atoms with E-state index >= 15 is 0 Å². The van der Waals surface area contributed by atoms with Crippen molar-refractivity contribution in [2.45, 2.75) is 83.6 Å². The second-order valence-electron chi connectivity index (χ2n) is 38.4. The second kappa shape index (κ2) is 43.0. The number of halogens is 3. The summed E-state index contributed by atoms with van der Waals surface area (Å²) in [5.41, 5.74) is 39.7. The fourth-order valence-corrected chi connectivity index (χ4v) is 24.7. The Balaban J connectivity index is 0.000000115.